The summed E-state index contributed by atoms with van der Waals surface area (Å²) in [6.45, 7) is 1.11. The molecule has 1 aromatic carbocycles. The molecule has 1 saturated heterocycles. The van der Waals surface area contributed by atoms with Gasteiger partial charge in [-0.05, 0) is 37.8 Å². The Morgan fingerprint density at radius 3 is 2.67 bits per heavy atom. The number of carbonyl (C=O) groups excluding carboxylic acids is 2. The van der Waals surface area contributed by atoms with Gasteiger partial charge in [0.1, 0.15) is 5.82 Å². The lowest BCUT2D eigenvalue weighted by atomic mass is 9.97. The zero-order valence-electron chi connectivity index (χ0n) is 15.1. The first-order chi connectivity index (χ1) is 13.1. The van der Waals surface area contributed by atoms with Crippen molar-refractivity contribution in [3.8, 4) is 5.69 Å². The number of rotatable bonds is 6. The molecule has 2 heterocycles. The van der Waals surface area contributed by atoms with E-state index < -0.39 is 0 Å². The molecule has 1 saturated carbocycles. The lowest BCUT2D eigenvalue weighted by molar-refractivity contribution is -0.132. The second kappa shape index (κ2) is 7.72. The van der Waals surface area contributed by atoms with Gasteiger partial charge in [0.25, 0.3) is 0 Å². The Morgan fingerprint density at radius 1 is 1.19 bits per heavy atom. The van der Waals surface area contributed by atoms with Crippen molar-refractivity contribution in [3.05, 3.63) is 36.2 Å². The number of thioether (sulfide) groups is 1. The largest absolute Gasteiger partial charge is 0.369 e. The number of hydrogen-bond acceptors (Lipinski definition) is 5. The number of aromatic nitrogens is 3. The molecule has 1 atom stereocenters. The highest BCUT2D eigenvalue weighted by Crippen LogP contribution is 2.40. The summed E-state index contributed by atoms with van der Waals surface area (Å²) in [6, 6.07) is 9.96. The van der Waals surface area contributed by atoms with Gasteiger partial charge in [-0.15, -0.1) is 5.10 Å². The van der Waals surface area contributed by atoms with Crippen LogP contribution in [0.25, 0.3) is 5.69 Å². The van der Waals surface area contributed by atoms with E-state index in [1.54, 1.807) is 4.90 Å². The van der Waals surface area contributed by atoms with Crippen molar-refractivity contribution in [2.75, 3.05) is 18.8 Å². The maximum absolute atomic E-state index is 12.5. The van der Waals surface area contributed by atoms with Crippen LogP contribution in [0.2, 0.25) is 0 Å². The molecule has 27 heavy (non-hydrogen) atoms. The van der Waals surface area contributed by atoms with Crippen molar-refractivity contribution in [1.29, 1.82) is 0 Å². The summed E-state index contributed by atoms with van der Waals surface area (Å²) >= 11 is 1.36. The molecule has 7 nitrogen and oxygen atoms in total. The number of nitrogens with zero attached hydrogens (tertiary/aromatic N) is 4. The lowest BCUT2D eigenvalue weighted by Crippen LogP contribution is -2.44. The van der Waals surface area contributed by atoms with Crippen LogP contribution in [-0.2, 0) is 9.59 Å². The monoisotopic (exact) mass is 385 g/mol. The highest BCUT2D eigenvalue weighted by molar-refractivity contribution is 7.99. The number of piperidine rings is 1. The van der Waals surface area contributed by atoms with Crippen LogP contribution >= 0.6 is 11.8 Å². The second-order valence-corrected chi connectivity index (χ2v) is 8.09. The number of likely N-dealkylation sites (tertiary alicyclic amines) is 1. The molecule has 2 N–H and O–H groups in total. The third-order valence-electron chi connectivity index (χ3n) is 5.06. The molecule has 1 aromatic heterocycles. The van der Waals surface area contributed by atoms with Crippen molar-refractivity contribution in [2.24, 2.45) is 11.7 Å². The van der Waals surface area contributed by atoms with E-state index in [9.17, 15) is 9.59 Å². The fourth-order valence-electron chi connectivity index (χ4n) is 3.38. The molecular weight excluding hydrogens is 362 g/mol. The average Bonchev–Trinajstić information content (AvgIpc) is 3.46. The Labute approximate surface area is 162 Å². The van der Waals surface area contributed by atoms with Gasteiger partial charge in [-0.25, -0.2) is 9.67 Å². The number of amides is 2. The van der Waals surface area contributed by atoms with E-state index in [-0.39, 0.29) is 23.5 Å². The van der Waals surface area contributed by atoms with Gasteiger partial charge in [-0.2, -0.15) is 0 Å². The minimum Gasteiger partial charge on any atom is -0.369 e. The third-order valence-corrected chi connectivity index (χ3v) is 5.88. The first kappa shape index (κ1) is 18.0. The predicted molar refractivity (Wildman–Crippen MR) is 103 cm³/mol. The fourth-order valence-corrected chi connectivity index (χ4v) is 4.12. The predicted octanol–water partition coefficient (Wildman–Crippen LogP) is 1.96. The summed E-state index contributed by atoms with van der Waals surface area (Å²) in [5, 5.41) is 5.25. The van der Waals surface area contributed by atoms with Crippen LogP contribution < -0.4 is 5.73 Å². The summed E-state index contributed by atoms with van der Waals surface area (Å²) in [6.07, 6.45) is 3.85. The van der Waals surface area contributed by atoms with Crippen LogP contribution in [0.4, 0.5) is 0 Å². The average molecular weight is 385 g/mol. The highest BCUT2D eigenvalue weighted by Gasteiger charge is 2.31. The van der Waals surface area contributed by atoms with Gasteiger partial charge in [0.2, 0.25) is 17.0 Å². The maximum Gasteiger partial charge on any atom is 0.233 e. The summed E-state index contributed by atoms with van der Waals surface area (Å²) in [5.74, 6) is 1.16. The van der Waals surface area contributed by atoms with Gasteiger partial charge in [0.15, 0.2) is 0 Å². The molecule has 2 amide bonds. The first-order valence-electron chi connectivity index (χ1n) is 9.34. The van der Waals surface area contributed by atoms with Crippen molar-refractivity contribution in [1.82, 2.24) is 19.7 Å². The van der Waals surface area contributed by atoms with Gasteiger partial charge in [0, 0.05) is 19.0 Å². The molecule has 4 rings (SSSR count). The number of hydrogen-bond donors (Lipinski definition) is 1. The van der Waals surface area contributed by atoms with Crippen LogP contribution in [0.5, 0.6) is 0 Å². The van der Waals surface area contributed by atoms with E-state index in [1.807, 2.05) is 35.0 Å². The minimum atomic E-state index is -0.322. The van der Waals surface area contributed by atoms with Gasteiger partial charge in [0.05, 0.1) is 17.4 Å². The second-order valence-electron chi connectivity index (χ2n) is 7.14. The molecule has 1 unspecified atom stereocenters. The third kappa shape index (κ3) is 4.16. The summed E-state index contributed by atoms with van der Waals surface area (Å²) in [4.78, 5) is 30.4. The Hall–Kier alpha value is -2.35. The smallest absolute Gasteiger partial charge is 0.233 e. The standard InChI is InChI=1S/C19H23N5O2S/c20-17(26)14-5-4-10-23(11-14)16(25)12-27-19-21-18(13-8-9-13)24(22-19)15-6-2-1-3-7-15/h1-3,6-7,13-14H,4-5,8-12H2,(H2,20,26). The topological polar surface area (TPSA) is 94.1 Å². The van der Waals surface area contributed by atoms with Gasteiger partial charge < -0.3 is 10.6 Å². The van der Waals surface area contributed by atoms with E-state index >= 15 is 0 Å². The molecule has 0 radical (unpaired) electrons. The molecule has 0 spiro atoms. The molecular formula is C19H23N5O2S. The number of carbonyl (C=O) groups is 2. The Kier molecular flexibility index (Phi) is 5.15. The SMILES string of the molecule is NC(=O)C1CCCN(C(=O)CSc2nc(C3CC3)n(-c3ccccc3)n2)C1. The summed E-state index contributed by atoms with van der Waals surface area (Å²) < 4.78 is 1.90. The minimum absolute atomic E-state index is 0.00924. The first-order valence-corrected chi connectivity index (χ1v) is 10.3. The molecule has 8 heteroatoms. The maximum atomic E-state index is 12.5. The van der Waals surface area contributed by atoms with Crippen molar-refractivity contribution >= 4 is 23.6 Å². The van der Waals surface area contributed by atoms with E-state index in [0.717, 1.165) is 37.2 Å². The Morgan fingerprint density at radius 2 is 1.96 bits per heavy atom. The van der Waals surface area contributed by atoms with Crippen LogP contribution in [0.15, 0.2) is 35.5 Å². The van der Waals surface area contributed by atoms with Crippen molar-refractivity contribution < 1.29 is 9.59 Å². The normalized spacial score (nSPS) is 19.9. The van der Waals surface area contributed by atoms with Crippen molar-refractivity contribution in [3.63, 3.8) is 0 Å². The molecule has 2 aliphatic rings. The molecule has 0 bridgehead atoms. The molecule has 142 valence electrons. The van der Waals surface area contributed by atoms with Gasteiger partial charge >= 0.3 is 0 Å². The number of nitrogens with two attached hydrogens (primary N) is 1. The van der Waals surface area contributed by atoms with Gasteiger partial charge in [-0.3, -0.25) is 9.59 Å². The van der Waals surface area contributed by atoms with E-state index in [2.05, 4.69) is 10.1 Å². The summed E-state index contributed by atoms with van der Waals surface area (Å²) in [7, 11) is 0. The number of para-hydroxylation sites is 1. The Balaban J connectivity index is 1.43. The van der Waals surface area contributed by atoms with Crippen molar-refractivity contribution in [2.45, 2.75) is 36.8 Å². The highest BCUT2D eigenvalue weighted by atomic mass is 32.2. The molecule has 2 aromatic rings. The van der Waals surface area contributed by atoms with Crippen LogP contribution in [0, 0.1) is 5.92 Å². The van der Waals surface area contributed by atoms with E-state index in [1.165, 1.54) is 11.8 Å². The Bertz CT molecular complexity index is 834. The van der Waals surface area contributed by atoms with E-state index in [0.29, 0.717) is 24.2 Å². The number of benzene rings is 1. The number of primary amides is 1. The fraction of sp³-hybridized carbons (Fsp3) is 0.474. The molecule has 1 aliphatic heterocycles. The summed E-state index contributed by atoms with van der Waals surface area (Å²) in [5.41, 5.74) is 6.39. The zero-order chi connectivity index (χ0) is 18.8. The quantitative estimate of drug-likeness (QED) is 0.767. The van der Waals surface area contributed by atoms with Crippen LogP contribution in [0.3, 0.4) is 0 Å². The zero-order valence-corrected chi connectivity index (χ0v) is 15.9. The van der Waals surface area contributed by atoms with Crippen LogP contribution in [0.1, 0.15) is 37.4 Å². The molecule has 2 fully saturated rings. The lowest BCUT2D eigenvalue weighted by Gasteiger charge is -2.31. The van der Waals surface area contributed by atoms with Gasteiger partial charge in [-0.1, -0.05) is 30.0 Å². The molecule has 1 aliphatic carbocycles. The van der Waals surface area contributed by atoms with E-state index in [4.69, 9.17) is 5.73 Å². The van der Waals surface area contributed by atoms with Crippen LogP contribution in [-0.4, -0.2) is 50.3 Å².